The van der Waals surface area contributed by atoms with Crippen LogP contribution < -0.4 is 5.32 Å². The van der Waals surface area contributed by atoms with Crippen molar-refractivity contribution in [3.8, 4) is 0 Å². The second kappa shape index (κ2) is 7.92. The lowest BCUT2D eigenvalue weighted by molar-refractivity contribution is 0.194. The van der Waals surface area contributed by atoms with Crippen molar-refractivity contribution in [2.24, 2.45) is 0 Å². The van der Waals surface area contributed by atoms with Gasteiger partial charge in [-0.2, -0.15) is 0 Å². The molecule has 1 heterocycles. The molecule has 1 aromatic carbocycles. The number of nitrogens with one attached hydrogen (secondary N) is 1. The van der Waals surface area contributed by atoms with Crippen molar-refractivity contribution in [2.75, 3.05) is 26.7 Å². The zero-order chi connectivity index (χ0) is 15.2. The van der Waals surface area contributed by atoms with Gasteiger partial charge >= 0.3 is 0 Å². The van der Waals surface area contributed by atoms with E-state index in [1.165, 1.54) is 37.2 Å². The molecule has 1 fully saturated rings. The Hall–Kier alpha value is -0.900. The average Bonchev–Trinajstić information content (AvgIpc) is 2.59. The molecule has 2 rings (SSSR count). The molecule has 3 heteroatoms. The summed E-state index contributed by atoms with van der Waals surface area (Å²) < 4.78 is 0. The highest BCUT2D eigenvalue weighted by molar-refractivity contribution is 5.23. The minimum atomic E-state index is 0.537. The lowest BCUT2D eigenvalue weighted by atomic mass is 10.1. The van der Waals surface area contributed by atoms with Gasteiger partial charge in [-0.25, -0.2) is 0 Å². The Morgan fingerprint density at radius 3 is 2.76 bits per heavy atom. The van der Waals surface area contributed by atoms with Gasteiger partial charge in [0, 0.05) is 38.3 Å². The molecule has 1 N–H and O–H groups in total. The average molecular weight is 289 g/mol. The molecule has 0 bridgehead atoms. The predicted octanol–water partition coefficient (Wildman–Crippen LogP) is 2.71. The number of benzene rings is 1. The maximum absolute atomic E-state index is 3.50. The summed E-state index contributed by atoms with van der Waals surface area (Å²) >= 11 is 0. The summed E-state index contributed by atoms with van der Waals surface area (Å²) in [6.07, 6.45) is 1.27. The van der Waals surface area contributed by atoms with Crippen LogP contribution in [0, 0.1) is 0 Å². The van der Waals surface area contributed by atoms with Crippen LogP contribution in [0.5, 0.6) is 0 Å². The Bertz CT molecular complexity index is 430. The zero-order valence-electron chi connectivity index (χ0n) is 14.1. The molecular weight excluding hydrogens is 258 g/mol. The normalized spacial score (nSPS) is 21.7. The molecule has 0 saturated carbocycles. The van der Waals surface area contributed by atoms with E-state index in [0.717, 1.165) is 13.1 Å². The molecule has 0 spiro atoms. The Kier molecular flexibility index (Phi) is 6.22. The van der Waals surface area contributed by atoms with Crippen LogP contribution in [0.1, 0.15) is 38.3 Å². The molecule has 1 unspecified atom stereocenters. The topological polar surface area (TPSA) is 18.5 Å². The first-order valence-corrected chi connectivity index (χ1v) is 8.28. The minimum absolute atomic E-state index is 0.537. The highest BCUT2D eigenvalue weighted by Crippen LogP contribution is 2.14. The summed E-state index contributed by atoms with van der Waals surface area (Å²) in [6.45, 7) is 12.4. The SMILES string of the molecule is CC(C)NCc1cccc(CN2CCCN(C)CC2C)c1. The summed E-state index contributed by atoms with van der Waals surface area (Å²) in [5.74, 6) is 0. The Labute approximate surface area is 130 Å². The Morgan fingerprint density at radius 1 is 1.24 bits per heavy atom. The van der Waals surface area contributed by atoms with Crippen LogP contribution in [0.15, 0.2) is 24.3 Å². The van der Waals surface area contributed by atoms with E-state index in [1.807, 2.05) is 0 Å². The fraction of sp³-hybridized carbons (Fsp3) is 0.667. The molecule has 0 aromatic heterocycles. The second-order valence-corrected chi connectivity index (χ2v) is 6.79. The molecule has 0 amide bonds. The lowest BCUT2D eigenvalue weighted by Crippen LogP contribution is -2.37. The Balaban J connectivity index is 1.96. The van der Waals surface area contributed by atoms with Gasteiger partial charge in [0.1, 0.15) is 0 Å². The van der Waals surface area contributed by atoms with Crippen molar-refractivity contribution < 1.29 is 0 Å². The van der Waals surface area contributed by atoms with Gasteiger partial charge in [0.2, 0.25) is 0 Å². The molecule has 0 aliphatic carbocycles. The standard InChI is InChI=1S/C18H31N3/c1-15(2)19-12-17-7-5-8-18(11-17)14-21-10-6-9-20(4)13-16(21)3/h5,7-8,11,15-16,19H,6,9-10,12-14H2,1-4H3. The smallest absolute Gasteiger partial charge is 0.0237 e. The van der Waals surface area contributed by atoms with Crippen LogP contribution in [-0.2, 0) is 13.1 Å². The first-order valence-electron chi connectivity index (χ1n) is 8.28. The summed E-state index contributed by atoms with van der Waals surface area (Å²) in [4.78, 5) is 5.08. The van der Waals surface area contributed by atoms with E-state index in [9.17, 15) is 0 Å². The fourth-order valence-corrected chi connectivity index (χ4v) is 3.05. The first-order chi connectivity index (χ1) is 10.0. The fourth-order valence-electron chi connectivity index (χ4n) is 3.05. The van der Waals surface area contributed by atoms with Crippen LogP contribution in [0.3, 0.4) is 0 Å². The van der Waals surface area contributed by atoms with E-state index in [2.05, 4.69) is 67.2 Å². The van der Waals surface area contributed by atoms with Crippen LogP contribution in [0.4, 0.5) is 0 Å². The van der Waals surface area contributed by atoms with Gasteiger partial charge in [-0.3, -0.25) is 4.90 Å². The highest BCUT2D eigenvalue weighted by Gasteiger charge is 2.19. The quantitative estimate of drug-likeness (QED) is 0.899. The summed E-state index contributed by atoms with van der Waals surface area (Å²) in [7, 11) is 2.23. The lowest BCUT2D eigenvalue weighted by Gasteiger charge is -2.28. The van der Waals surface area contributed by atoms with Crippen LogP contribution >= 0.6 is 0 Å². The van der Waals surface area contributed by atoms with Gasteiger partial charge in [-0.1, -0.05) is 38.1 Å². The predicted molar refractivity (Wildman–Crippen MR) is 90.4 cm³/mol. The number of likely N-dealkylation sites (N-methyl/N-ethyl adjacent to an activating group) is 1. The highest BCUT2D eigenvalue weighted by atomic mass is 15.2. The maximum Gasteiger partial charge on any atom is 0.0237 e. The largest absolute Gasteiger partial charge is 0.310 e. The minimum Gasteiger partial charge on any atom is -0.310 e. The molecular formula is C18H31N3. The van der Waals surface area contributed by atoms with Crippen molar-refractivity contribution in [2.45, 2.75) is 52.4 Å². The van der Waals surface area contributed by atoms with Gasteiger partial charge < -0.3 is 10.2 Å². The third-order valence-electron chi connectivity index (χ3n) is 4.28. The number of hydrogen-bond donors (Lipinski definition) is 1. The third kappa shape index (κ3) is 5.42. The maximum atomic E-state index is 3.50. The van der Waals surface area contributed by atoms with Gasteiger partial charge in [-0.15, -0.1) is 0 Å². The van der Waals surface area contributed by atoms with Gasteiger partial charge in [0.05, 0.1) is 0 Å². The van der Waals surface area contributed by atoms with Gasteiger partial charge in [-0.05, 0) is 38.1 Å². The van der Waals surface area contributed by atoms with Crippen LogP contribution in [0.25, 0.3) is 0 Å². The van der Waals surface area contributed by atoms with Crippen molar-refractivity contribution in [1.82, 2.24) is 15.1 Å². The van der Waals surface area contributed by atoms with E-state index in [0.29, 0.717) is 12.1 Å². The number of nitrogens with zero attached hydrogens (tertiary/aromatic N) is 2. The van der Waals surface area contributed by atoms with E-state index in [4.69, 9.17) is 0 Å². The second-order valence-electron chi connectivity index (χ2n) is 6.79. The van der Waals surface area contributed by atoms with Crippen LogP contribution in [-0.4, -0.2) is 48.6 Å². The summed E-state index contributed by atoms with van der Waals surface area (Å²) in [6, 6.07) is 10.2. The van der Waals surface area contributed by atoms with Gasteiger partial charge in [0.15, 0.2) is 0 Å². The molecule has 0 radical (unpaired) electrons. The third-order valence-corrected chi connectivity index (χ3v) is 4.28. The van der Waals surface area contributed by atoms with Crippen molar-refractivity contribution in [3.05, 3.63) is 35.4 Å². The van der Waals surface area contributed by atoms with Crippen molar-refractivity contribution >= 4 is 0 Å². The summed E-state index contributed by atoms with van der Waals surface area (Å²) in [5.41, 5.74) is 2.83. The van der Waals surface area contributed by atoms with E-state index in [-0.39, 0.29) is 0 Å². The van der Waals surface area contributed by atoms with Crippen LogP contribution in [0.2, 0.25) is 0 Å². The molecule has 1 aliphatic rings. The molecule has 1 aromatic rings. The number of rotatable bonds is 5. The molecule has 1 atom stereocenters. The molecule has 1 aliphatic heterocycles. The van der Waals surface area contributed by atoms with Crippen molar-refractivity contribution in [3.63, 3.8) is 0 Å². The Morgan fingerprint density at radius 2 is 2.00 bits per heavy atom. The number of hydrogen-bond acceptors (Lipinski definition) is 3. The molecule has 1 saturated heterocycles. The molecule has 118 valence electrons. The molecule has 21 heavy (non-hydrogen) atoms. The monoisotopic (exact) mass is 289 g/mol. The van der Waals surface area contributed by atoms with Crippen molar-refractivity contribution in [1.29, 1.82) is 0 Å². The van der Waals surface area contributed by atoms with E-state index in [1.54, 1.807) is 0 Å². The van der Waals surface area contributed by atoms with E-state index < -0.39 is 0 Å². The summed E-state index contributed by atoms with van der Waals surface area (Å²) in [5, 5.41) is 3.50. The van der Waals surface area contributed by atoms with E-state index >= 15 is 0 Å². The first kappa shape index (κ1) is 16.5. The van der Waals surface area contributed by atoms with Gasteiger partial charge in [0.25, 0.3) is 0 Å². The zero-order valence-corrected chi connectivity index (χ0v) is 14.1. The molecule has 3 nitrogen and oxygen atoms in total.